The summed E-state index contributed by atoms with van der Waals surface area (Å²) in [6.45, 7) is 2.44. The maximum absolute atomic E-state index is 11.7. The predicted octanol–water partition coefficient (Wildman–Crippen LogP) is 3.28. The zero-order chi connectivity index (χ0) is 17.5. The van der Waals surface area contributed by atoms with Crippen LogP contribution in [0.25, 0.3) is 0 Å². The number of esters is 1. The van der Waals surface area contributed by atoms with E-state index in [9.17, 15) is 4.79 Å². The minimum atomic E-state index is -0.367. The van der Waals surface area contributed by atoms with Gasteiger partial charge in [0.05, 0.1) is 19.8 Å². The standard InChI is InChI=1S/C18H20N2O3S/c1-12-15(17(21)23-3)5-4-6-16(12)20-18(24)19-11-13-7-9-14(22-2)10-8-13/h4-10H,11H2,1-3H3,(H2,19,20,24). The highest BCUT2D eigenvalue weighted by molar-refractivity contribution is 7.80. The molecule has 0 radical (unpaired) electrons. The highest BCUT2D eigenvalue weighted by Crippen LogP contribution is 2.19. The molecule has 0 bridgehead atoms. The summed E-state index contributed by atoms with van der Waals surface area (Å²) in [7, 11) is 3.00. The maximum Gasteiger partial charge on any atom is 0.338 e. The fourth-order valence-electron chi connectivity index (χ4n) is 2.19. The molecule has 2 aromatic carbocycles. The van der Waals surface area contributed by atoms with Gasteiger partial charge in [0.2, 0.25) is 0 Å². The molecule has 2 N–H and O–H groups in total. The first-order valence-corrected chi connectivity index (χ1v) is 7.81. The molecule has 2 rings (SSSR count). The average molecular weight is 344 g/mol. The summed E-state index contributed by atoms with van der Waals surface area (Å²) in [5.41, 5.74) is 3.16. The summed E-state index contributed by atoms with van der Waals surface area (Å²) in [5.74, 6) is 0.447. The second-order valence-electron chi connectivity index (χ2n) is 5.13. The van der Waals surface area contributed by atoms with Crippen molar-refractivity contribution in [3.8, 4) is 5.75 Å². The first-order chi connectivity index (χ1) is 11.5. The molecule has 0 atom stereocenters. The lowest BCUT2D eigenvalue weighted by molar-refractivity contribution is 0.0600. The third kappa shape index (κ3) is 4.45. The van der Waals surface area contributed by atoms with E-state index in [1.807, 2.05) is 37.3 Å². The molecule has 0 saturated carbocycles. The Morgan fingerprint density at radius 1 is 1.12 bits per heavy atom. The van der Waals surface area contributed by atoms with Gasteiger partial charge in [-0.15, -0.1) is 0 Å². The Balaban J connectivity index is 1.98. The number of anilines is 1. The van der Waals surface area contributed by atoms with Crippen molar-refractivity contribution in [3.63, 3.8) is 0 Å². The Bertz CT molecular complexity index is 730. The monoisotopic (exact) mass is 344 g/mol. The molecule has 0 aliphatic heterocycles. The molecular formula is C18H20N2O3S. The van der Waals surface area contributed by atoms with Crippen LogP contribution in [0.2, 0.25) is 0 Å². The van der Waals surface area contributed by atoms with E-state index in [-0.39, 0.29) is 5.97 Å². The number of hydrogen-bond donors (Lipinski definition) is 2. The molecule has 0 aliphatic rings. The third-order valence-electron chi connectivity index (χ3n) is 3.60. The topological polar surface area (TPSA) is 59.6 Å². The summed E-state index contributed by atoms with van der Waals surface area (Å²) in [5, 5.41) is 6.73. The van der Waals surface area contributed by atoms with E-state index >= 15 is 0 Å². The highest BCUT2D eigenvalue weighted by atomic mass is 32.1. The van der Waals surface area contributed by atoms with Crippen molar-refractivity contribution in [2.24, 2.45) is 0 Å². The number of nitrogens with one attached hydrogen (secondary N) is 2. The molecule has 0 unspecified atom stereocenters. The van der Waals surface area contributed by atoms with Crippen molar-refractivity contribution in [2.45, 2.75) is 13.5 Å². The Morgan fingerprint density at radius 2 is 1.83 bits per heavy atom. The summed E-state index contributed by atoms with van der Waals surface area (Å²) < 4.78 is 9.91. The molecule has 0 spiro atoms. The van der Waals surface area contributed by atoms with E-state index in [0.717, 1.165) is 22.6 Å². The normalized spacial score (nSPS) is 9.96. The lowest BCUT2D eigenvalue weighted by Crippen LogP contribution is -2.28. The maximum atomic E-state index is 11.7. The van der Waals surface area contributed by atoms with E-state index in [1.165, 1.54) is 7.11 Å². The van der Waals surface area contributed by atoms with Crippen LogP contribution in [0.4, 0.5) is 5.69 Å². The van der Waals surface area contributed by atoms with E-state index in [2.05, 4.69) is 10.6 Å². The Hall–Kier alpha value is -2.60. The van der Waals surface area contributed by atoms with Crippen LogP contribution in [0.1, 0.15) is 21.5 Å². The minimum Gasteiger partial charge on any atom is -0.497 e. The molecule has 0 saturated heterocycles. The molecule has 24 heavy (non-hydrogen) atoms. The van der Waals surface area contributed by atoms with Crippen molar-refractivity contribution in [1.29, 1.82) is 0 Å². The Kier molecular flexibility index (Phi) is 6.14. The van der Waals surface area contributed by atoms with Gasteiger partial charge in [0.1, 0.15) is 5.75 Å². The quantitative estimate of drug-likeness (QED) is 0.641. The average Bonchev–Trinajstić information content (AvgIpc) is 2.61. The van der Waals surface area contributed by atoms with Crippen LogP contribution in [0.3, 0.4) is 0 Å². The van der Waals surface area contributed by atoms with Crippen molar-refractivity contribution < 1.29 is 14.3 Å². The largest absolute Gasteiger partial charge is 0.497 e. The Morgan fingerprint density at radius 3 is 2.46 bits per heavy atom. The van der Waals surface area contributed by atoms with Gasteiger partial charge in [-0.05, 0) is 54.5 Å². The molecule has 5 nitrogen and oxygen atoms in total. The molecule has 0 fully saturated rings. The molecule has 0 aromatic heterocycles. The van der Waals surface area contributed by atoms with Crippen LogP contribution in [0.15, 0.2) is 42.5 Å². The van der Waals surface area contributed by atoms with Gasteiger partial charge < -0.3 is 20.1 Å². The zero-order valence-corrected chi connectivity index (χ0v) is 14.7. The molecule has 0 heterocycles. The molecule has 0 amide bonds. The lowest BCUT2D eigenvalue weighted by Gasteiger charge is -2.14. The second-order valence-corrected chi connectivity index (χ2v) is 5.53. The van der Waals surface area contributed by atoms with Crippen molar-refractivity contribution in [1.82, 2.24) is 5.32 Å². The van der Waals surface area contributed by atoms with E-state index in [0.29, 0.717) is 17.2 Å². The summed E-state index contributed by atoms with van der Waals surface area (Å²) >= 11 is 5.32. The number of ether oxygens (including phenoxy) is 2. The van der Waals surface area contributed by atoms with E-state index < -0.39 is 0 Å². The van der Waals surface area contributed by atoms with Crippen LogP contribution >= 0.6 is 12.2 Å². The van der Waals surface area contributed by atoms with Gasteiger partial charge in [-0.3, -0.25) is 0 Å². The second kappa shape index (κ2) is 8.31. The third-order valence-corrected chi connectivity index (χ3v) is 3.85. The number of rotatable bonds is 5. The molecule has 2 aromatic rings. The fourth-order valence-corrected chi connectivity index (χ4v) is 2.38. The van der Waals surface area contributed by atoms with Crippen LogP contribution < -0.4 is 15.4 Å². The molecule has 0 aliphatic carbocycles. The van der Waals surface area contributed by atoms with Crippen LogP contribution in [-0.4, -0.2) is 25.3 Å². The van der Waals surface area contributed by atoms with Crippen LogP contribution in [0, 0.1) is 6.92 Å². The van der Waals surface area contributed by atoms with Gasteiger partial charge >= 0.3 is 5.97 Å². The number of thiocarbonyl (C=S) groups is 1. The first kappa shape index (κ1) is 17.7. The first-order valence-electron chi connectivity index (χ1n) is 7.41. The van der Waals surface area contributed by atoms with Crippen molar-refractivity contribution >= 4 is 29.0 Å². The number of benzene rings is 2. The highest BCUT2D eigenvalue weighted by Gasteiger charge is 2.12. The van der Waals surface area contributed by atoms with Gasteiger partial charge in [-0.25, -0.2) is 4.79 Å². The smallest absolute Gasteiger partial charge is 0.338 e. The van der Waals surface area contributed by atoms with Crippen LogP contribution in [-0.2, 0) is 11.3 Å². The number of carbonyl (C=O) groups is 1. The predicted molar refractivity (Wildman–Crippen MR) is 98.6 cm³/mol. The van der Waals surface area contributed by atoms with Crippen molar-refractivity contribution in [2.75, 3.05) is 19.5 Å². The van der Waals surface area contributed by atoms with Gasteiger partial charge in [-0.1, -0.05) is 18.2 Å². The van der Waals surface area contributed by atoms with Gasteiger partial charge in [0.25, 0.3) is 0 Å². The van der Waals surface area contributed by atoms with Gasteiger partial charge in [0.15, 0.2) is 5.11 Å². The Labute approximate surface area is 147 Å². The number of methoxy groups -OCH3 is 2. The van der Waals surface area contributed by atoms with Crippen molar-refractivity contribution in [3.05, 3.63) is 59.2 Å². The minimum absolute atomic E-state index is 0.367. The van der Waals surface area contributed by atoms with E-state index in [4.69, 9.17) is 21.7 Å². The fraction of sp³-hybridized carbons (Fsp3) is 0.222. The SMILES string of the molecule is COC(=O)c1cccc(NC(=S)NCc2ccc(OC)cc2)c1C. The summed E-state index contributed by atoms with van der Waals surface area (Å²) in [4.78, 5) is 11.7. The van der Waals surface area contributed by atoms with Gasteiger partial charge in [-0.2, -0.15) is 0 Å². The van der Waals surface area contributed by atoms with E-state index in [1.54, 1.807) is 19.2 Å². The van der Waals surface area contributed by atoms with Gasteiger partial charge in [0, 0.05) is 12.2 Å². The molecular weight excluding hydrogens is 324 g/mol. The van der Waals surface area contributed by atoms with Crippen LogP contribution in [0.5, 0.6) is 5.75 Å². The molecule has 6 heteroatoms. The summed E-state index contributed by atoms with van der Waals surface area (Å²) in [6.07, 6.45) is 0. The summed E-state index contributed by atoms with van der Waals surface area (Å²) in [6, 6.07) is 13.1. The number of carbonyl (C=O) groups excluding carboxylic acids is 1. The lowest BCUT2D eigenvalue weighted by atomic mass is 10.1. The number of hydrogen-bond acceptors (Lipinski definition) is 4. The molecule has 126 valence electrons. The zero-order valence-electron chi connectivity index (χ0n) is 13.9.